The molecule has 1 aliphatic rings. The van der Waals surface area contributed by atoms with Gasteiger partial charge in [-0.3, -0.25) is 14.5 Å². The topological polar surface area (TPSA) is 61.9 Å². The molecule has 2 rings (SSSR count). The van der Waals surface area contributed by atoms with E-state index in [1.165, 1.54) is 0 Å². The summed E-state index contributed by atoms with van der Waals surface area (Å²) in [4.78, 5) is 28.5. The van der Waals surface area contributed by atoms with Crippen LogP contribution >= 0.6 is 0 Å². The van der Waals surface area contributed by atoms with Crippen LogP contribution in [0.1, 0.15) is 44.7 Å². The Morgan fingerprint density at radius 2 is 2.04 bits per heavy atom. The van der Waals surface area contributed by atoms with E-state index >= 15 is 0 Å². The molecule has 6 nitrogen and oxygen atoms in total. The summed E-state index contributed by atoms with van der Waals surface area (Å²) < 4.78 is 5.70. The van der Waals surface area contributed by atoms with Crippen LogP contribution < -0.4 is 10.1 Å². The summed E-state index contributed by atoms with van der Waals surface area (Å²) in [5.41, 5.74) is 0.993. The average Bonchev–Trinajstić information content (AvgIpc) is 3.07. The number of likely N-dealkylation sites (tertiary alicyclic amines) is 1. The third-order valence-corrected chi connectivity index (χ3v) is 4.77. The van der Waals surface area contributed by atoms with Crippen LogP contribution in [0.3, 0.4) is 0 Å². The summed E-state index contributed by atoms with van der Waals surface area (Å²) in [7, 11) is 3.52. The van der Waals surface area contributed by atoms with E-state index in [1.807, 2.05) is 43.0 Å². The van der Waals surface area contributed by atoms with Crippen molar-refractivity contribution >= 4 is 11.8 Å². The number of benzene rings is 1. The van der Waals surface area contributed by atoms with Crippen molar-refractivity contribution in [2.24, 2.45) is 0 Å². The fourth-order valence-electron chi connectivity index (χ4n) is 3.47. The molecule has 0 saturated carbocycles. The number of carbonyl (C=O) groups excluding carboxylic acids is 2. The van der Waals surface area contributed by atoms with Gasteiger partial charge in [-0.25, -0.2) is 0 Å². The van der Waals surface area contributed by atoms with Crippen LogP contribution in [-0.4, -0.2) is 61.4 Å². The Bertz CT molecular complexity index is 618. The van der Waals surface area contributed by atoms with Crippen molar-refractivity contribution in [3.05, 3.63) is 29.8 Å². The second-order valence-electron chi connectivity index (χ2n) is 6.86. The molecule has 26 heavy (non-hydrogen) atoms. The van der Waals surface area contributed by atoms with Gasteiger partial charge in [0.15, 0.2) is 0 Å². The number of amides is 2. The van der Waals surface area contributed by atoms with Crippen molar-refractivity contribution in [1.82, 2.24) is 15.1 Å². The molecule has 2 unspecified atom stereocenters. The minimum absolute atomic E-state index is 0.0541. The van der Waals surface area contributed by atoms with Crippen molar-refractivity contribution in [3.8, 4) is 5.75 Å². The zero-order valence-corrected chi connectivity index (χ0v) is 16.3. The maximum atomic E-state index is 12.6. The number of likely N-dealkylation sites (N-methyl/N-ethyl adjacent to an activating group) is 1. The first-order chi connectivity index (χ1) is 12.5. The number of hydrogen-bond acceptors (Lipinski definition) is 4. The number of hydrogen-bond donors (Lipinski definition) is 1. The molecular weight excluding hydrogens is 330 g/mol. The van der Waals surface area contributed by atoms with Gasteiger partial charge in [-0.05, 0) is 38.8 Å². The molecule has 6 heteroatoms. The first-order valence-corrected chi connectivity index (χ1v) is 9.44. The zero-order valence-electron chi connectivity index (χ0n) is 16.3. The predicted octanol–water partition coefficient (Wildman–Crippen LogP) is 2.21. The fourth-order valence-corrected chi connectivity index (χ4v) is 3.47. The predicted molar refractivity (Wildman–Crippen MR) is 102 cm³/mol. The molecule has 1 aromatic rings. The van der Waals surface area contributed by atoms with Crippen LogP contribution in [0.25, 0.3) is 0 Å². The zero-order chi connectivity index (χ0) is 19.1. The van der Waals surface area contributed by atoms with Crippen molar-refractivity contribution < 1.29 is 14.3 Å². The van der Waals surface area contributed by atoms with Gasteiger partial charge < -0.3 is 15.0 Å². The minimum Gasteiger partial charge on any atom is -0.494 e. The Balaban J connectivity index is 2.02. The average molecular weight is 361 g/mol. The molecule has 2 atom stereocenters. The van der Waals surface area contributed by atoms with Gasteiger partial charge in [0.05, 0.1) is 25.2 Å². The first kappa shape index (κ1) is 20.2. The van der Waals surface area contributed by atoms with Gasteiger partial charge in [0.25, 0.3) is 0 Å². The van der Waals surface area contributed by atoms with Crippen LogP contribution in [-0.2, 0) is 9.59 Å². The summed E-state index contributed by atoms with van der Waals surface area (Å²) in [6, 6.07) is 7.53. The number of ether oxygens (including phenoxy) is 1. The monoisotopic (exact) mass is 361 g/mol. The van der Waals surface area contributed by atoms with Crippen LogP contribution in [0.15, 0.2) is 24.3 Å². The minimum atomic E-state index is -0.188. The molecule has 0 radical (unpaired) electrons. The van der Waals surface area contributed by atoms with Gasteiger partial charge in [0.2, 0.25) is 11.8 Å². The molecule has 1 aliphatic heterocycles. The number of nitrogens with zero attached hydrogens (tertiary/aromatic N) is 2. The molecule has 1 aromatic carbocycles. The fraction of sp³-hybridized carbons (Fsp3) is 0.600. The number of nitrogens with one attached hydrogen (secondary N) is 1. The van der Waals surface area contributed by atoms with Crippen molar-refractivity contribution in [2.45, 2.75) is 45.2 Å². The Morgan fingerprint density at radius 3 is 2.69 bits per heavy atom. The second kappa shape index (κ2) is 9.57. The Morgan fingerprint density at radius 1 is 1.31 bits per heavy atom. The van der Waals surface area contributed by atoms with Gasteiger partial charge >= 0.3 is 0 Å². The molecule has 0 spiro atoms. The van der Waals surface area contributed by atoms with Crippen LogP contribution in [0, 0.1) is 0 Å². The number of para-hydroxylation sites is 1. The standard InChI is InChI=1S/C20H31N3O3/c1-5-16(15-10-7-8-12-18(15)26-6-2)21-19(24)14-23-13-9-11-17(23)20(25)22(3)4/h7-8,10,12,16-17H,5-6,9,11,13-14H2,1-4H3,(H,21,24). The Labute approximate surface area is 156 Å². The van der Waals surface area contributed by atoms with Crippen LogP contribution in [0.5, 0.6) is 5.75 Å². The van der Waals surface area contributed by atoms with E-state index < -0.39 is 0 Å². The Kier molecular flexibility index (Phi) is 7.45. The smallest absolute Gasteiger partial charge is 0.239 e. The van der Waals surface area contributed by atoms with Crippen molar-refractivity contribution in [2.75, 3.05) is 33.8 Å². The highest BCUT2D eigenvalue weighted by molar-refractivity contribution is 5.84. The lowest BCUT2D eigenvalue weighted by molar-refractivity contribution is -0.134. The first-order valence-electron chi connectivity index (χ1n) is 9.44. The molecule has 1 fully saturated rings. The van der Waals surface area contributed by atoms with E-state index in [-0.39, 0.29) is 30.4 Å². The SMILES string of the molecule is CCOc1ccccc1C(CC)NC(=O)CN1CCCC1C(=O)N(C)C. The lowest BCUT2D eigenvalue weighted by Crippen LogP contribution is -2.47. The van der Waals surface area contributed by atoms with E-state index in [9.17, 15) is 9.59 Å². The molecule has 1 heterocycles. The molecule has 0 aliphatic carbocycles. The van der Waals surface area contributed by atoms with E-state index in [4.69, 9.17) is 4.74 Å². The van der Waals surface area contributed by atoms with E-state index in [1.54, 1.807) is 19.0 Å². The third-order valence-electron chi connectivity index (χ3n) is 4.77. The highest BCUT2D eigenvalue weighted by Gasteiger charge is 2.33. The Hall–Kier alpha value is -2.08. The summed E-state index contributed by atoms with van der Waals surface area (Å²) >= 11 is 0. The highest BCUT2D eigenvalue weighted by Crippen LogP contribution is 2.27. The molecule has 0 aromatic heterocycles. The molecule has 144 valence electrons. The van der Waals surface area contributed by atoms with Crippen LogP contribution in [0.2, 0.25) is 0 Å². The number of carbonyl (C=O) groups is 2. The maximum absolute atomic E-state index is 12.6. The molecule has 1 saturated heterocycles. The van der Waals surface area contributed by atoms with Crippen molar-refractivity contribution in [3.63, 3.8) is 0 Å². The van der Waals surface area contributed by atoms with Gasteiger partial charge in [-0.1, -0.05) is 25.1 Å². The van der Waals surface area contributed by atoms with Gasteiger partial charge in [0.1, 0.15) is 5.75 Å². The normalized spacial score (nSPS) is 18.4. The summed E-state index contributed by atoms with van der Waals surface area (Å²) in [6.07, 6.45) is 2.53. The van der Waals surface area contributed by atoms with Gasteiger partial charge in [-0.2, -0.15) is 0 Å². The highest BCUT2D eigenvalue weighted by atomic mass is 16.5. The van der Waals surface area contributed by atoms with E-state index in [0.29, 0.717) is 6.61 Å². The maximum Gasteiger partial charge on any atom is 0.239 e. The van der Waals surface area contributed by atoms with Gasteiger partial charge in [0, 0.05) is 19.7 Å². The van der Waals surface area contributed by atoms with Crippen LogP contribution in [0.4, 0.5) is 0 Å². The van der Waals surface area contributed by atoms with Crippen molar-refractivity contribution in [1.29, 1.82) is 0 Å². The van der Waals surface area contributed by atoms with Gasteiger partial charge in [-0.15, -0.1) is 0 Å². The molecular formula is C20H31N3O3. The summed E-state index contributed by atoms with van der Waals surface area (Å²) in [6.45, 7) is 5.61. The third kappa shape index (κ3) is 4.97. The molecule has 2 amide bonds. The lowest BCUT2D eigenvalue weighted by Gasteiger charge is -2.27. The number of rotatable bonds is 8. The second-order valence-corrected chi connectivity index (χ2v) is 6.86. The quantitative estimate of drug-likeness (QED) is 0.771. The molecule has 1 N–H and O–H groups in total. The lowest BCUT2D eigenvalue weighted by atomic mass is 10.0. The summed E-state index contributed by atoms with van der Waals surface area (Å²) in [5, 5.41) is 3.11. The largest absolute Gasteiger partial charge is 0.494 e. The van der Waals surface area contributed by atoms with E-state index in [0.717, 1.165) is 37.1 Å². The summed E-state index contributed by atoms with van der Waals surface area (Å²) in [5.74, 6) is 0.828. The molecule has 0 bridgehead atoms. The van der Waals surface area contributed by atoms with E-state index in [2.05, 4.69) is 5.32 Å².